The maximum Gasteiger partial charge on any atom is 0.309 e. The molecule has 2 saturated heterocycles. The smallest absolute Gasteiger partial charge is 0.309 e. The van der Waals surface area contributed by atoms with Crippen molar-refractivity contribution in [1.29, 1.82) is 0 Å². The summed E-state index contributed by atoms with van der Waals surface area (Å²) in [5.41, 5.74) is -0.490. The molecule has 3 unspecified atom stereocenters. The molecule has 0 aliphatic carbocycles. The number of carbonyl (C=O) groups is 2. The van der Waals surface area contributed by atoms with Crippen molar-refractivity contribution < 1.29 is 28.6 Å². The van der Waals surface area contributed by atoms with Gasteiger partial charge in [-0.05, 0) is 36.4 Å². The Labute approximate surface area is 219 Å². The molecule has 2 fully saturated rings. The summed E-state index contributed by atoms with van der Waals surface area (Å²) in [7, 11) is 0. The molecule has 0 radical (unpaired) electrons. The minimum atomic E-state index is -3.21. The Hall–Kier alpha value is -3.05. The van der Waals surface area contributed by atoms with Crippen LogP contribution in [0.1, 0.15) is 12.0 Å². The number of hydrogen-bond donors (Lipinski definition) is 4. The summed E-state index contributed by atoms with van der Waals surface area (Å²) < 4.78 is 29.7. The quantitative estimate of drug-likeness (QED) is 0.388. The Morgan fingerprint density at radius 3 is 2.73 bits per heavy atom. The number of aliphatic hydroxyl groups excluding tert-OH is 1. The number of rotatable bonds is 3. The van der Waals surface area contributed by atoms with E-state index in [0.29, 0.717) is 11.2 Å². The number of carboxylic acids is 1. The molecule has 1 spiro atoms. The highest BCUT2D eigenvalue weighted by Crippen LogP contribution is 2.62. The average Bonchev–Trinajstić information content (AvgIpc) is 3.40. The third-order valence-electron chi connectivity index (χ3n) is 7.66. The first-order chi connectivity index (χ1) is 17.5. The maximum atomic E-state index is 14.8. The fourth-order valence-corrected chi connectivity index (χ4v) is 6.92. The number of aliphatic carboxylic acids is 1. The van der Waals surface area contributed by atoms with Crippen LogP contribution in [0.15, 0.2) is 48.7 Å². The van der Waals surface area contributed by atoms with Gasteiger partial charge in [0.05, 0.1) is 34.6 Å². The summed E-state index contributed by atoms with van der Waals surface area (Å²) in [6, 6.07) is 10.1. The molecule has 6 rings (SSSR count). The summed E-state index contributed by atoms with van der Waals surface area (Å²) in [5, 5.41) is 28.1. The van der Waals surface area contributed by atoms with E-state index in [4.69, 9.17) is 23.2 Å². The van der Waals surface area contributed by atoms with E-state index < -0.39 is 60.4 Å². The number of fused-ring (bicyclic) bond motifs is 5. The number of anilines is 2. The lowest BCUT2D eigenvalue weighted by Gasteiger charge is -2.40. The summed E-state index contributed by atoms with van der Waals surface area (Å²) in [6.07, 6.45) is -0.753. The number of alkyl halides is 2. The molecule has 4 N–H and O–H groups in total. The number of benzene rings is 2. The minimum Gasteiger partial charge on any atom is -0.481 e. The predicted octanol–water partition coefficient (Wildman–Crippen LogP) is 4.16. The first-order valence-corrected chi connectivity index (χ1v) is 12.3. The maximum absolute atomic E-state index is 14.8. The normalized spacial score (nSPS) is 29.8. The van der Waals surface area contributed by atoms with Crippen molar-refractivity contribution in [2.45, 2.75) is 30.2 Å². The van der Waals surface area contributed by atoms with Crippen molar-refractivity contribution in [3.8, 4) is 0 Å². The van der Waals surface area contributed by atoms with Crippen molar-refractivity contribution in [3.63, 3.8) is 0 Å². The Morgan fingerprint density at radius 2 is 1.97 bits per heavy atom. The molecule has 3 aliphatic rings. The van der Waals surface area contributed by atoms with Crippen molar-refractivity contribution in [2.24, 2.45) is 11.8 Å². The molecule has 12 heteroatoms. The Kier molecular flexibility index (Phi) is 5.40. The summed E-state index contributed by atoms with van der Waals surface area (Å²) in [4.78, 5) is 32.0. The highest BCUT2D eigenvalue weighted by Gasteiger charge is 2.74. The summed E-state index contributed by atoms with van der Waals surface area (Å²) in [5.74, 6) is -8.37. The zero-order valence-corrected chi connectivity index (χ0v) is 20.5. The van der Waals surface area contributed by atoms with Gasteiger partial charge in [-0.2, -0.15) is 0 Å². The van der Waals surface area contributed by atoms with Gasteiger partial charge in [0, 0.05) is 40.3 Å². The fourth-order valence-electron chi connectivity index (χ4n) is 6.37. The lowest BCUT2D eigenvalue weighted by Crippen LogP contribution is -2.56. The van der Waals surface area contributed by atoms with Gasteiger partial charge < -0.3 is 20.8 Å². The predicted molar refractivity (Wildman–Crippen MR) is 133 cm³/mol. The highest BCUT2D eigenvalue weighted by atomic mass is 35.5. The molecule has 4 heterocycles. The first-order valence-electron chi connectivity index (χ1n) is 11.5. The Balaban J connectivity index is 1.48. The van der Waals surface area contributed by atoms with Gasteiger partial charge in [-0.25, -0.2) is 8.78 Å². The highest BCUT2D eigenvalue weighted by molar-refractivity contribution is 6.36. The van der Waals surface area contributed by atoms with E-state index in [1.165, 1.54) is 17.0 Å². The van der Waals surface area contributed by atoms with Crippen LogP contribution in [0.3, 0.4) is 0 Å². The van der Waals surface area contributed by atoms with E-state index in [0.717, 1.165) is 5.39 Å². The number of halogens is 4. The minimum absolute atomic E-state index is 0.0998. The van der Waals surface area contributed by atoms with Crippen molar-refractivity contribution in [2.75, 3.05) is 17.2 Å². The van der Waals surface area contributed by atoms with Crippen LogP contribution >= 0.6 is 23.2 Å². The summed E-state index contributed by atoms with van der Waals surface area (Å²) in [6.45, 7) is -0.838. The van der Waals surface area contributed by atoms with E-state index in [2.05, 4.69) is 15.6 Å². The van der Waals surface area contributed by atoms with E-state index in [1.54, 1.807) is 36.5 Å². The molecular formula is C25H20Cl2F2N4O4. The van der Waals surface area contributed by atoms with Crippen LogP contribution in [0.25, 0.3) is 10.9 Å². The van der Waals surface area contributed by atoms with Crippen LogP contribution < -0.4 is 10.6 Å². The van der Waals surface area contributed by atoms with Crippen molar-refractivity contribution >= 4 is 57.4 Å². The van der Waals surface area contributed by atoms with E-state index >= 15 is 0 Å². The number of carbonyl (C=O) groups excluding carboxylic acids is 1. The zero-order chi connectivity index (χ0) is 26.3. The van der Waals surface area contributed by atoms with Crippen LogP contribution in [-0.2, 0) is 15.1 Å². The van der Waals surface area contributed by atoms with Gasteiger partial charge >= 0.3 is 5.97 Å². The van der Waals surface area contributed by atoms with Crippen molar-refractivity contribution in [3.05, 3.63) is 64.3 Å². The van der Waals surface area contributed by atoms with Crippen LogP contribution in [0.5, 0.6) is 0 Å². The largest absolute Gasteiger partial charge is 0.481 e. The van der Waals surface area contributed by atoms with Gasteiger partial charge in [-0.1, -0.05) is 29.3 Å². The number of amides is 1. The standard InChI is InChI=1S/C25H20Cl2F2N4O4/c26-12-7-14-20(15(27)8-12)32-23(37)25(14)19(22(35)36)18(17-9-24(28,29)10-33(17)25)21(34)31-13-3-4-16-11(6-13)2-1-5-30-16/h1-8,17-19,23,32,37H,9-10H2,(H,31,34)(H,35,36)/t17-,18?,19?,23?,25+/m1/s1. The van der Waals surface area contributed by atoms with E-state index in [-0.39, 0.29) is 21.3 Å². The number of carboxylic acid groups (broad SMARTS) is 1. The number of nitrogens with zero attached hydrogens (tertiary/aromatic N) is 2. The number of pyridine rings is 1. The fraction of sp³-hybridized carbons (Fsp3) is 0.320. The van der Waals surface area contributed by atoms with Crippen LogP contribution in [0.4, 0.5) is 20.2 Å². The van der Waals surface area contributed by atoms with Gasteiger partial charge in [0.25, 0.3) is 5.92 Å². The molecule has 1 aromatic heterocycles. The SMILES string of the molecule is O=C(Nc1ccc2ncccc2c1)C1C(C(=O)O)[C@]2(c3cc(Cl)cc(Cl)c3NC2O)N2CC(F)(F)C[C@H]12. The van der Waals surface area contributed by atoms with Crippen LogP contribution in [0.2, 0.25) is 10.0 Å². The van der Waals surface area contributed by atoms with Crippen LogP contribution in [-0.4, -0.2) is 56.7 Å². The molecule has 3 aliphatic heterocycles. The Bertz CT molecular complexity index is 1470. The number of hydrogen-bond acceptors (Lipinski definition) is 6. The van der Waals surface area contributed by atoms with Gasteiger partial charge in [-0.3, -0.25) is 19.5 Å². The van der Waals surface area contributed by atoms with Crippen molar-refractivity contribution in [1.82, 2.24) is 9.88 Å². The lowest BCUT2D eigenvalue weighted by atomic mass is 9.73. The summed E-state index contributed by atoms with van der Waals surface area (Å²) >= 11 is 12.6. The topological polar surface area (TPSA) is 115 Å². The molecule has 192 valence electrons. The molecule has 37 heavy (non-hydrogen) atoms. The number of aromatic nitrogens is 1. The Morgan fingerprint density at radius 1 is 1.19 bits per heavy atom. The molecule has 0 bridgehead atoms. The van der Waals surface area contributed by atoms with Gasteiger partial charge in [0.2, 0.25) is 5.91 Å². The molecule has 8 nitrogen and oxygen atoms in total. The monoisotopic (exact) mass is 548 g/mol. The van der Waals surface area contributed by atoms with Gasteiger partial charge in [0.1, 0.15) is 11.8 Å². The van der Waals surface area contributed by atoms with Gasteiger partial charge in [-0.15, -0.1) is 0 Å². The third-order valence-corrected chi connectivity index (χ3v) is 8.17. The second-order valence-corrected chi connectivity index (χ2v) is 10.5. The second-order valence-electron chi connectivity index (χ2n) is 9.68. The van der Waals surface area contributed by atoms with E-state index in [1.807, 2.05) is 0 Å². The van der Waals surface area contributed by atoms with E-state index in [9.17, 15) is 28.6 Å². The molecular weight excluding hydrogens is 529 g/mol. The average molecular weight is 549 g/mol. The second kappa shape index (κ2) is 8.22. The molecule has 0 saturated carbocycles. The van der Waals surface area contributed by atoms with Gasteiger partial charge in [0.15, 0.2) is 0 Å². The lowest BCUT2D eigenvalue weighted by molar-refractivity contribution is -0.153. The number of nitrogens with one attached hydrogen (secondary N) is 2. The molecule has 2 aromatic carbocycles. The molecule has 5 atom stereocenters. The third kappa shape index (κ3) is 3.50. The zero-order valence-electron chi connectivity index (χ0n) is 19.0. The molecule has 3 aromatic rings. The molecule has 1 amide bonds. The first kappa shape index (κ1) is 24.3. The van der Waals surface area contributed by atoms with Crippen LogP contribution in [0, 0.1) is 11.8 Å². The number of aliphatic hydroxyl groups is 1.